The van der Waals surface area contributed by atoms with Crippen LogP contribution in [-0.2, 0) is 4.79 Å². The summed E-state index contributed by atoms with van der Waals surface area (Å²) in [7, 11) is 0. The first-order valence-corrected chi connectivity index (χ1v) is 6.78. The number of amides is 1. The number of primary amides is 1. The van der Waals surface area contributed by atoms with E-state index in [0.29, 0.717) is 0 Å². The molecule has 1 aliphatic carbocycles. The van der Waals surface area contributed by atoms with Gasteiger partial charge in [-0.1, -0.05) is 31.4 Å². The molecule has 4 N–H and O–H groups in total. The molecule has 2 rings (SSSR count). The van der Waals surface area contributed by atoms with E-state index in [2.05, 4.69) is 0 Å². The predicted octanol–water partition coefficient (Wildman–Crippen LogP) is 2.13. The fourth-order valence-electron chi connectivity index (χ4n) is 2.24. The Morgan fingerprint density at radius 3 is 1.62 bits per heavy atom. The van der Waals surface area contributed by atoms with Gasteiger partial charge in [-0.05, 0) is 25.0 Å². The molecule has 1 fully saturated rings. The van der Waals surface area contributed by atoms with E-state index in [1.165, 1.54) is 43.5 Å². The number of rotatable bonds is 3. The smallest absolute Gasteiger partial charge is 0.336 e. The summed E-state index contributed by atoms with van der Waals surface area (Å²) in [6, 6.07) is 5.48. The first kappa shape index (κ1) is 16.7. The SMILES string of the molecule is NC(=O)C1CCCCC1.O=C(O)c1ccccc1C(=O)O. The molecule has 0 bridgehead atoms. The normalized spacial score (nSPS) is 14.7. The third kappa shape index (κ3) is 5.25. The van der Waals surface area contributed by atoms with Crippen molar-refractivity contribution < 1.29 is 24.6 Å². The Morgan fingerprint density at radius 1 is 0.905 bits per heavy atom. The largest absolute Gasteiger partial charge is 0.478 e. The highest BCUT2D eigenvalue weighted by atomic mass is 16.4. The van der Waals surface area contributed by atoms with Gasteiger partial charge < -0.3 is 15.9 Å². The molecule has 0 radical (unpaired) electrons. The number of carboxylic acid groups (broad SMARTS) is 2. The van der Waals surface area contributed by atoms with Gasteiger partial charge >= 0.3 is 11.9 Å². The molecule has 1 aromatic rings. The van der Waals surface area contributed by atoms with Crippen LogP contribution in [0, 0.1) is 5.92 Å². The van der Waals surface area contributed by atoms with Crippen molar-refractivity contribution in [2.24, 2.45) is 11.7 Å². The first-order chi connectivity index (χ1) is 9.93. The molecule has 0 saturated heterocycles. The van der Waals surface area contributed by atoms with Crippen molar-refractivity contribution in [1.29, 1.82) is 0 Å². The van der Waals surface area contributed by atoms with Gasteiger partial charge in [0.25, 0.3) is 0 Å². The average molecular weight is 293 g/mol. The highest BCUT2D eigenvalue weighted by Crippen LogP contribution is 2.22. The maximum Gasteiger partial charge on any atom is 0.336 e. The van der Waals surface area contributed by atoms with Gasteiger partial charge in [0.05, 0.1) is 11.1 Å². The highest BCUT2D eigenvalue weighted by Gasteiger charge is 2.17. The van der Waals surface area contributed by atoms with Crippen LogP contribution in [0.25, 0.3) is 0 Å². The van der Waals surface area contributed by atoms with Gasteiger partial charge in [-0.15, -0.1) is 0 Å². The van der Waals surface area contributed by atoms with Crippen molar-refractivity contribution in [1.82, 2.24) is 0 Å². The maximum atomic E-state index is 10.6. The lowest BCUT2D eigenvalue weighted by Gasteiger charge is -2.17. The standard InChI is InChI=1S/C8H6O4.C7H13NO/c9-7(10)5-3-1-2-4-6(5)8(11)12;8-7(9)6-4-2-1-3-5-6/h1-4H,(H,9,10)(H,11,12);6H,1-5H2,(H2,8,9). The van der Waals surface area contributed by atoms with Crippen LogP contribution in [0.5, 0.6) is 0 Å². The Bertz CT molecular complexity index is 488. The zero-order chi connectivity index (χ0) is 15.8. The number of benzene rings is 1. The van der Waals surface area contributed by atoms with Crippen LogP contribution in [0.1, 0.15) is 52.8 Å². The molecule has 1 saturated carbocycles. The molecule has 0 unspecified atom stereocenters. The van der Waals surface area contributed by atoms with Crippen LogP contribution < -0.4 is 5.73 Å². The lowest BCUT2D eigenvalue weighted by Crippen LogP contribution is -2.24. The summed E-state index contributed by atoms with van der Waals surface area (Å²) in [5.74, 6) is -2.37. The molecule has 0 aliphatic heterocycles. The molecule has 0 heterocycles. The van der Waals surface area contributed by atoms with Gasteiger partial charge in [0.2, 0.25) is 5.91 Å². The summed E-state index contributed by atoms with van der Waals surface area (Å²) >= 11 is 0. The molecule has 0 aromatic heterocycles. The number of aromatic carboxylic acids is 2. The number of hydrogen-bond acceptors (Lipinski definition) is 3. The lowest BCUT2D eigenvalue weighted by atomic mass is 9.89. The summed E-state index contributed by atoms with van der Waals surface area (Å²) < 4.78 is 0. The summed E-state index contributed by atoms with van der Waals surface area (Å²) in [4.78, 5) is 31.5. The molecule has 6 nitrogen and oxygen atoms in total. The van der Waals surface area contributed by atoms with E-state index < -0.39 is 11.9 Å². The van der Waals surface area contributed by atoms with Crippen LogP contribution in [0.2, 0.25) is 0 Å². The number of nitrogens with two attached hydrogens (primary N) is 1. The van der Waals surface area contributed by atoms with Crippen LogP contribution in [0.3, 0.4) is 0 Å². The van der Waals surface area contributed by atoms with Crippen LogP contribution >= 0.6 is 0 Å². The van der Waals surface area contributed by atoms with E-state index in [1.54, 1.807) is 0 Å². The van der Waals surface area contributed by atoms with E-state index in [9.17, 15) is 14.4 Å². The van der Waals surface area contributed by atoms with Crippen molar-refractivity contribution in [2.45, 2.75) is 32.1 Å². The van der Waals surface area contributed by atoms with Gasteiger partial charge in [0, 0.05) is 5.92 Å². The van der Waals surface area contributed by atoms with E-state index in [1.807, 2.05) is 0 Å². The van der Waals surface area contributed by atoms with E-state index in [0.717, 1.165) is 12.8 Å². The maximum absolute atomic E-state index is 10.6. The Hall–Kier alpha value is -2.37. The molecule has 1 aliphatic rings. The third-order valence-corrected chi connectivity index (χ3v) is 3.40. The third-order valence-electron chi connectivity index (χ3n) is 3.40. The first-order valence-electron chi connectivity index (χ1n) is 6.78. The zero-order valence-corrected chi connectivity index (χ0v) is 11.6. The van der Waals surface area contributed by atoms with Crippen molar-refractivity contribution in [3.63, 3.8) is 0 Å². The van der Waals surface area contributed by atoms with Crippen molar-refractivity contribution in [2.75, 3.05) is 0 Å². The molecule has 6 heteroatoms. The minimum absolute atomic E-state index is 0.102. The molecular formula is C15H19NO5. The van der Waals surface area contributed by atoms with Crippen molar-refractivity contribution in [3.8, 4) is 0 Å². The minimum Gasteiger partial charge on any atom is -0.478 e. The van der Waals surface area contributed by atoms with Gasteiger partial charge in [0.1, 0.15) is 0 Å². The summed E-state index contributed by atoms with van der Waals surface area (Å²) in [6.07, 6.45) is 5.70. The van der Waals surface area contributed by atoms with Gasteiger partial charge in [-0.2, -0.15) is 0 Å². The number of carbonyl (C=O) groups excluding carboxylic acids is 1. The topological polar surface area (TPSA) is 118 Å². The molecule has 1 amide bonds. The fraction of sp³-hybridized carbons (Fsp3) is 0.400. The molecular weight excluding hydrogens is 274 g/mol. The van der Waals surface area contributed by atoms with Crippen LogP contribution in [0.15, 0.2) is 24.3 Å². The predicted molar refractivity (Wildman–Crippen MR) is 76.1 cm³/mol. The second-order valence-electron chi connectivity index (χ2n) is 4.89. The van der Waals surface area contributed by atoms with E-state index >= 15 is 0 Å². The number of carboxylic acids is 2. The summed E-state index contributed by atoms with van der Waals surface area (Å²) in [5, 5.41) is 17.1. The Kier molecular flexibility index (Phi) is 6.39. The Labute approximate surface area is 122 Å². The monoisotopic (exact) mass is 293 g/mol. The molecule has 114 valence electrons. The van der Waals surface area contributed by atoms with Gasteiger partial charge in [0.15, 0.2) is 0 Å². The van der Waals surface area contributed by atoms with Gasteiger partial charge in [-0.25, -0.2) is 9.59 Å². The van der Waals surface area contributed by atoms with Crippen LogP contribution in [0.4, 0.5) is 0 Å². The molecule has 0 spiro atoms. The zero-order valence-electron chi connectivity index (χ0n) is 11.6. The lowest BCUT2D eigenvalue weighted by molar-refractivity contribution is -0.122. The highest BCUT2D eigenvalue weighted by molar-refractivity contribution is 6.01. The van der Waals surface area contributed by atoms with Crippen molar-refractivity contribution in [3.05, 3.63) is 35.4 Å². The number of hydrogen-bond donors (Lipinski definition) is 3. The fourth-order valence-corrected chi connectivity index (χ4v) is 2.24. The van der Waals surface area contributed by atoms with Crippen molar-refractivity contribution >= 4 is 17.8 Å². The molecule has 21 heavy (non-hydrogen) atoms. The van der Waals surface area contributed by atoms with Crippen LogP contribution in [-0.4, -0.2) is 28.1 Å². The quantitative estimate of drug-likeness (QED) is 0.789. The molecule has 1 aromatic carbocycles. The van der Waals surface area contributed by atoms with E-state index in [-0.39, 0.29) is 23.0 Å². The van der Waals surface area contributed by atoms with E-state index in [4.69, 9.17) is 15.9 Å². The second-order valence-corrected chi connectivity index (χ2v) is 4.89. The minimum atomic E-state index is -1.23. The average Bonchev–Trinajstić information content (AvgIpc) is 2.48. The summed E-state index contributed by atoms with van der Waals surface area (Å²) in [6.45, 7) is 0. The Morgan fingerprint density at radius 2 is 1.33 bits per heavy atom. The van der Waals surface area contributed by atoms with Gasteiger partial charge in [-0.3, -0.25) is 4.79 Å². The summed E-state index contributed by atoms with van der Waals surface area (Å²) in [5.41, 5.74) is 4.75. The number of carbonyl (C=O) groups is 3. The Balaban J connectivity index is 0.000000219. The second kappa shape index (κ2) is 8.04. The molecule has 0 atom stereocenters.